The van der Waals surface area contributed by atoms with Crippen LogP contribution in [0.4, 0.5) is 11.4 Å². The summed E-state index contributed by atoms with van der Waals surface area (Å²) in [6.45, 7) is 0.549. The Morgan fingerprint density at radius 1 is 1.60 bits per heavy atom. The van der Waals surface area contributed by atoms with Gasteiger partial charge in [0, 0.05) is 25.2 Å². The maximum Gasteiger partial charge on any atom is 0.292 e. The fraction of sp³-hybridized carbons (Fsp3) is 0.462. The lowest BCUT2D eigenvalue weighted by Crippen LogP contribution is -2.37. The molecule has 2 N–H and O–H groups in total. The zero-order valence-corrected chi connectivity index (χ0v) is 11.2. The highest BCUT2D eigenvalue weighted by Crippen LogP contribution is 2.27. The molecule has 7 nitrogen and oxygen atoms in total. The number of hydrogen-bond donors (Lipinski definition) is 2. The van der Waals surface area contributed by atoms with Gasteiger partial charge in [-0.2, -0.15) is 0 Å². The number of nitro groups is 1. The first-order valence-corrected chi connectivity index (χ1v) is 6.46. The Morgan fingerprint density at radius 3 is 2.95 bits per heavy atom. The van der Waals surface area contributed by atoms with Crippen LogP contribution in [0.1, 0.15) is 23.2 Å². The molecule has 1 aliphatic heterocycles. The molecule has 1 saturated heterocycles. The molecule has 0 bridgehead atoms. The number of nitrogens with one attached hydrogen (secondary N) is 1. The van der Waals surface area contributed by atoms with Crippen molar-refractivity contribution in [3.63, 3.8) is 0 Å². The van der Waals surface area contributed by atoms with Crippen LogP contribution in [0.25, 0.3) is 0 Å². The summed E-state index contributed by atoms with van der Waals surface area (Å²) >= 11 is 0. The molecular formula is C13H17N3O4. The molecule has 0 aliphatic carbocycles. The predicted octanol–water partition coefficient (Wildman–Crippen LogP) is 1.23. The van der Waals surface area contributed by atoms with E-state index in [-0.39, 0.29) is 24.2 Å². The Bertz CT molecular complexity index is 532. The lowest BCUT2D eigenvalue weighted by atomic mass is 10.1. The molecule has 108 valence electrons. The molecule has 1 aromatic carbocycles. The molecule has 20 heavy (non-hydrogen) atoms. The number of rotatable bonds is 4. The fourth-order valence-corrected chi connectivity index (χ4v) is 2.49. The van der Waals surface area contributed by atoms with Crippen LogP contribution in [0.2, 0.25) is 0 Å². The van der Waals surface area contributed by atoms with E-state index in [1.54, 1.807) is 11.9 Å². The van der Waals surface area contributed by atoms with E-state index in [1.807, 2.05) is 0 Å². The Labute approximate surface area is 116 Å². The van der Waals surface area contributed by atoms with E-state index < -0.39 is 4.92 Å². The maximum absolute atomic E-state index is 12.4. The van der Waals surface area contributed by atoms with E-state index in [1.165, 1.54) is 18.2 Å². The Morgan fingerprint density at radius 2 is 2.35 bits per heavy atom. The molecule has 1 aromatic rings. The number of anilines is 1. The largest absolute Gasteiger partial charge is 0.394 e. The van der Waals surface area contributed by atoms with Crippen LogP contribution in [-0.4, -0.2) is 47.1 Å². The van der Waals surface area contributed by atoms with Gasteiger partial charge in [-0.05, 0) is 25.0 Å². The summed E-state index contributed by atoms with van der Waals surface area (Å²) in [4.78, 5) is 24.4. The van der Waals surface area contributed by atoms with Crippen LogP contribution in [0.3, 0.4) is 0 Å². The molecular weight excluding hydrogens is 262 g/mol. The van der Waals surface area contributed by atoms with Crippen molar-refractivity contribution in [1.29, 1.82) is 0 Å². The molecule has 0 aromatic heterocycles. The second-order valence-corrected chi connectivity index (χ2v) is 4.72. The highest BCUT2D eigenvalue weighted by molar-refractivity contribution is 5.96. The highest BCUT2D eigenvalue weighted by Gasteiger charge is 2.29. The molecule has 2 rings (SSSR count). The number of benzene rings is 1. The molecule has 1 fully saturated rings. The van der Waals surface area contributed by atoms with Crippen LogP contribution in [-0.2, 0) is 0 Å². The molecule has 0 saturated carbocycles. The van der Waals surface area contributed by atoms with Crippen LogP contribution < -0.4 is 5.32 Å². The van der Waals surface area contributed by atoms with E-state index in [2.05, 4.69) is 5.32 Å². The zero-order valence-electron chi connectivity index (χ0n) is 11.2. The topological polar surface area (TPSA) is 95.7 Å². The molecule has 1 aliphatic rings. The minimum Gasteiger partial charge on any atom is -0.394 e. The second kappa shape index (κ2) is 5.87. The average Bonchev–Trinajstić information content (AvgIpc) is 2.93. The fourth-order valence-electron chi connectivity index (χ4n) is 2.49. The third-order valence-corrected chi connectivity index (χ3v) is 3.56. The number of hydrogen-bond acceptors (Lipinski definition) is 5. The summed E-state index contributed by atoms with van der Waals surface area (Å²) in [5, 5.41) is 22.8. The number of carbonyl (C=O) groups excluding carboxylic acids is 1. The molecule has 0 radical (unpaired) electrons. The second-order valence-electron chi connectivity index (χ2n) is 4.72. The quantitative estimate of drug-likeness (QED) is 0.638. The van der Waals surface area contributed by atoms with Gasteiger partial charge in [-0.1, -0.05) is 0 Å². The first-order chi connectivity index (χ1) is 9.58. The number of aliphatic hydroxyl groups excluding tert-OH is 1. The summed E-state index contributed by atoms with van der Waals surface area (Å²) in [5.41, 5.74) is 0.630. The summed E-state index contributed by atoms with van der Waals surface area (Å²) in [7, 11) is 1.57. The van der Waals surface area contributed by atoms with Crippen molar-refractivity contribution in [1.82, 2.24) is 4.90 Å². The monoisotopic (exact) mass is 279 g/mol. The average molecular weight is 279 g/mol. The van der Waals surface area contributed by atoms with Gasteiger partial charge in [0.25, 0.3) is 11.6 Å². The van der Waals surface area contributed by atoms with E-state index in [9.17, 15) is 20.0 Å². The summed E-state index contributed by atoms with van der Waals surface area (Å²) in [6, 6.07) is 4.10. The van der Waals surface area contributed by atoms with E-state index in [0.29, 0.717) is 17.8 Å². The first kappa shape index (κ1) is 14.3. The van der Waals surface area contributed by atoms with Gasteiger partial charge >= 0.3 is 0 Å². The van der Waals surface area contributed by atoms with Crippen LogP contribution in [0.15, 0.2) is 18.2 Å². The van der Waals surface area contributed by atoms with Crippen LogP contribution >= 0.6 is 0 Å². The smallest absolute Gasteiger partial charge is 0.292 e. The molecule has 7 heteroatoms. The van der Waals surface area contributed by atoms with Crippen molar-refractivity contribution in [2.45, 2.75) is 18.9 Å². The minimum atomic E-state index is -0.494. The minimum absolute atomic E-state index is 0.0579. The van der Waals surface area contributed by atoms with Crippen molar-refractivity contribution in [2.24, 2.45) is 0 Å². The van der Waals surface area contributed by atoms with Gasteiger partial charge in [-0.25, -0.2) is 0 Å². The van der Waals surface area contributed by atoms with Crippen molar-refractivity contribution >= 4 is 17.3 Å². The van der Waals surface area contributed by atoms with Crippen molar-refractivity contribution in [2.75, 3.05) is 25.5 Å². The number of likely N-dealkylation sites (tertiary alicyclic amines) is 1. The van der Waals surface area contributed by atoms with Gasteiger partial charge in [0.15, 0.2) is 0 Å². The lowest BCUT2D eigenvalue weighted by molar-refractivity contribution is -0.383. The van der Waals surface area contributed by atoms with Gasteiger partial charge < -0.3 is 15.3 Å². The molecule has 1 unspecified atom stereocenters. The Hall–Kier alpha value is -2.15. The highest BCUT2D eigenvalue weighted by atomic mass is 16.6. The number of aliphatic hydroxyl groups is 1. The predicted molar refractivity (Wildman–Crippen MR) is 73.8 cm³/mol. The number of amides is 1. The van der Waals surface area contributed by atoms with E-state index in [4.69, 9.17) is 0 Å². The van der Waals surface area contributed by atoms with Crippen molar-refractivity contribution < 1.29 is 14.8 Å². The molecule has 1 amide bonds. The van der Waals surface area contributed by atoms with E-state index >= 15 is 0 Å². The van der Waals surface area contributed by atoms with Crippen molar-refractivity contribution in [3.05, 3.63) is 33.9 Å². The summed E-state index contributed by atoms with van der Waals surface area (Å²) in [6.07, 6.45) is 1.65. The van der Waals surface area contributed by atoms with Gasteiger partial charge in [0.1, 0.15) is 5.69 Å². The number of carbonyl (C=O) groups is 1. The summed E-state index contributed by atoms with van der Waals surface area (Å²) in [5.74, 6) is -0.201. The van der Waals surface area contributed by atoms with E-state index in [0.717, 1.165) is 12.8 Å². The summed E-state index contributed by atoms with van der Waals surface area (Å²) < 4.78 is 0. The SMILES string of the molecule is CNc1cc(C(=O)N2CCCC2CO)ccc1[N+](=O)[O-]. The first-order valence-electron chi connectivity index (χ1n) is 6.46. The third kappa shape index (κ3) is 2.57. The zero-order chi connectivity index (χ0) is 14.7. The third-order valence-electron chi connectivity index (χ3n) is 3.56. The normalized spacial score (nSPS) is 18.1. The van der Waals surface area contributed by atoms with Crippen molar-refractivity contribution in [3.8, 4) is 0 Å². The number of nitro benzene ring substituents is 1. The van der Waals surface area contributed by atoms with Crippen LogP contribution in [0.5, 0.6) is 0 Å². The molecule has 0 spiro atoms. The standard InChI is InChI=1S/C13H17N3O4/c1-14-11-7-9(4-5-12(11)16(19)20)13(18)15-6-2-3-10(15)8-17/h4-5,7,10,14,17H,2-3,6,8H2,1H3. The number of nitrogens with zero attached hydrogens (tertiary/aromatic N) is 2. The van der Waals surface area contributed by atoms with Gasteiger partial charge in [-0.15, -0.1) is 0 Å². The van der Waals surface area contributed by atoms with Gasteiger partial charge in [-0.3, -0.25) is 14.9 Å². The molecule has 1 heterocycles. The Balaban J connectivity index is 2.29. The van der Waals surface area contributed by atoms with Crippen LogP contribution in [0, 0.1) is 10.1 Å². The Kier molecular flexibility index (Phi) is 4.19. The maximum atomic E-state index is 12.4. The van der Waals surface area contributed by atoms with Gasteiger partial charge in [0.05, 0.1) is 17.6 Å². The molecule has 1 atom stereocenters. The van der Waals surface area contributed by atoms with Gasteiger partial charge in [0.2, 0.25) is 0 Å². The lowest BCUT2D eigenvalue weighted by Gasteiger charge is -2.23.